The molecule has 0 aliphatic carbocycles. The van der Waals surface area contributed by atoms with Gasteiger partial charge in [0.2, 0.25) is 0 Å². The molecule has 2 heterocycles. The van der Waals surface area contributed by atoms with Crippen LogP contribution in [0.2, 0.25) is 0 Å². The fraction of sp³-hybridized carbons (Fsp3) is 0.385. The summed E-state index contributed by atoms with van der Waals surface area (Å²) in [6, 6.07) is 7.73. The van der Waals surface area contributed by atoms with E-state index in [1.54, 1.807) is 4.90 Å². The minimum absolute atomic E-state index is 0.178. The van der Waals surface area contributed by atoms with E-state index in [4.69, 9.17) is 4.74 Å². The minimum atomic E-state index is -0.178. The highest BCUT2D eigenvalue weighted by molar-refractivity contribution is 14.1. The highest BCUT2D eigenvalue weighted by atomic mass is 127. The Morgan fingerprint density at radius 2 is 1.84 bits per heavy atom. The standard InChI is InChI=1S/C13H14IN3O2/c14-10-1-3-11(4-2-10)17-9-12(15-13(17)18)16-5-7-19-8-6-16/h1-4H,5-9H2. The second-order valence-corrected chi connectivity index (χ2v) is 5.72. The summed E-state index contributed by atoms with van der Waals surface area (Å²) in [7, 11) is 0. The van der Waals surface area contributed by atoms with Gasteiger partial charge in [-0.25, -0.2) is 4.79 Å². The smallest absolute Gasteiger partial charge is 0.350 e. The summed E-state index contributed by atoms with van der Waals surface area (Å²) in [6.45, 7) is 3.59. The molecule has 0 spiro atoms. The van der Waals surface area contributed by atoms with E-state index in [1.165, 1.54) is 0 Å². The van der Waals surface area contributed by atoms with Crippen molar-refractivity contribution in [3.05, 3.63) is 27.8 Å². The zero-order valence-corrected chi connectivity index (χ0v) is 12.5. The summed E-state index contributed by atoms with van der Waals surface area (Å²) < 4.78 is 6.47. The van der Waals surface area contributed by atoms with Gasteiger partial charge in [-0.1, -0.05) is 0 Å². The Morgan fingerprint density at radius 1 is 1.16 bits per heavy atom. The Balaban J connectivity index is 1.74. The number of carbonyl (C=O) groups is 1. The number of carbonyl (C=O) groups excluding carboxylic acids is 1. The number of benzene rings is 1. The zero-order chi connectivity index (χ0) is 13.2. The molecule has 2 aliphatic rings. The first-order chi connectivity index (χ1) is 9.24. The summed E-state index contributed by atoms with van der Waals surface area (Å²) in [4.78, 5) is 20.0. The van der Waals surface area contributed by atoms with Crippen LogP contribution in [0.25, 0.3) is 0 Å². The van der Waals surface area contributed by atoms with Gasteiger partial charge in [0, 0.05) is 22.3 Å². The maximum Gasteiger partial charge on any atom is 0.350 e. The van der Waals surface area contributed by atoms with Gasteiger partial charge in [-0.05, 0) is 46.9 Å². The van der Waals surface area contributed by atoms with Crippen LogP contribution in [0.5, 0.6) is 0 Å². The predicted molar refractivity (Wildman–Crippen MR) is 81.7 cm³/mol. The molecule has 2 aliphatic heterocycles. The molecule has 0 N–H and O–H groups in total. The van der Waals surface area contributed by atoms with Crippen molar-refractivity contribution in [1.29, 1.82) is 0 Å². The number of halogens is 1. The lowest BCUT2D eigenvalue weighted by Crippen LogP contribution is -2.43. The van der Waals surface area contributed by atoms with Gasteiger partial charge >= 0.3 is 6.03 Å². The Morgan fingerprint density at radius 3 is 2.53 bits per heavy atom. The van der Waals surface area contributed by atoms with Gasteiger partial charge in [-0.3, -0.25) is 4.90 Å². The topological polar surface area (TPSA) is 45.1 Å². The van der Waals surface area contributed by atoms with Gasteiger partial charge in [0.1, 0.15) is 5.84 Å². The minimum Gasteiger partial charge on any atom is -0.378 e. The molecule has 1 aromatic rings. The van der Waals surface area contributed by atoms with Crippen molar-refractivity contribution in [2.75, 3.05) is 37.7 Å². The van der Waals surface area contributed by atoms with E-state index >= 15 is 0 Å². The van der Waals surface area contributed by atoms with Gasteiger partial charge in [0.15, 0.2) is 0 Å². The number of ether oxygens (including phenoxy) is 1. The van der Waals surface area contributed by atoms with Crippen LogP contribution in [0.3, 0.4) is 0 Å². The summed E-state index contributed by atoms with van der Waals surface area (Å²) >= 11 is 2.25. The zero-order valence-electron chi connectivity index (χ0n) is 10.4. The van der Waals surface area contributed by atoms with Crippen LogP contribution in [0.4, 0.5) is 10.5 Å². The van der Waals surface area contributed by atoms with Gasteiger partial charge in [-0.2, -0.15) is 4.99 Å². The summed E-state index contributed by atoms with van der Waals surface area (Å²) in [5.74, 6) is 0.854. The van der Waals surface area contributed by atoms with Crippen molar-refractivity contribution in [3.63, 3.8) is 0 Å². The molecular weight excluding hydrogens is 357 g/mol. The SMILES string of the molecule is O=C1N=C(N2CCOCC2)CN1c1ccc(I)cc1. The van der Waals surface area contributed by atoms with E-state index in [-0.39, 0.29) is 6.03 Å². The van der Waals surface area contributed by atoms with E-state index < -0.39 is 0 Å². The second-order valence-electron chi connectivity index (χ2n) is 4.47. The fourth-order valence-corrected chi connectivity index (χ4v) is 2.59. The van der Waals surface area contributed by atoms with E-state index in [0.717, 1.165) is 28.2 Å². The molecule has 1 saturated heterocycles. The van der Waals surface area contributed by atoms with Crippen molar-refractivity contribution in [1.82, 2.24) is 4.90 Å². The number of hydrogen-bond donors (Lipinski definition) is 0. The van der Waals surface area contributed by atoms with Crippen molar-refractivity contribution >= 4 is 40.1 Å². The quantitative estimate of drug-likeness (QED) is 0.710. The van der Waals surface area contributed by atoms with Gasteiger partial charge in [-0.15, -0.1) is 0 Å². The highest BCUT2D eigenvalue weighted by Gasteiger charge is 2.28. The van der Waals surface area contributed by atoms with E-state index in [9.17, 15) is 4.79 Å². The number of anilines is 1. The number of amides is 2. The molecule has 1 fully saturated rings. The van der Waals surface area contributed by atoms with Crippen LogP contribution >= 0.6 is 22.6 Å². The maximum absolute atomic E-state index is 12.0. The van der Waals surface area contributed by atoms with Crippen molar-refractivity contribution in [2.24, 2.45) is 4.99 Å². The Bertz CT molecular complexity index is 509. The predicted octanol–water partition coefficient (Wildman–Crippen LogP) is 1.96. The second kappa shape index (κ2) is 5.46. The Hall–Kier alpha value is -1.15. The van der Waals surface area contributed by atoms with Crippen molar-refractivity contribution < 1.29 is 9.53 Å². The number of urea groups is 1. The normalized spacial score (nSPS) is 19.8. The van der Waals surface area contributed by atoms with Gasteiger partial charge < -0.3 is 9.64 Å². The van der Waals surface area contributed by atoms with Gasteiger partial charge in [0.05, 0.1) is 19.8 Å². The summed E-state index contributed by atoms with van der Waals surface area (Å²) in [5.41, 5.74) is 0.900. The largest absolute Gasteiger partial charge is 0.378 e. The first-order valence-electron chi connectivity index (χ1n) is 6.21. The number of nitrogens with zero attached hydrogens (tertiary/aromatic N) is 3. The molecular formula is C13H14IN3O2. The third-order valence-electron chi connectivity index (χ3n) is 3.27. The average molecular weight is 371 g/mol. The van der Waals surface area contributed by atoms with Crippen LogP contribution in [-0.2, 0) is 4.74 Å². The third kappa shape index (κ3) is 2.74. The Kier molecular flexibility index (Phi) is 3.69. The monoisotopic (exact) mass is 371 g/mol. The average Bonchev–Trinajstić information content (AvgIpc) is 2.83. The molecule has 100 valence electrons. The molecule has 0 bridgehead atoms. The molecule has 0 saturated carbocycles. The number of rotatable bonds is 1. The molecule has 5 nitrogen and oxygen atoms in total. The molecule has 0 aromatic heterocycles. The maximum atomic E-state index is 12.0. The lowest BCUT2D eigenvalue weighted by atomic mass is 10.3. The first kappa shape index (κ1) is 12.9. The van der Waals surface area contributed by atoms with E-state index in [0.29, 0.717) is 19.8 Å². The number of morpholine rings is 1. The third-order valence-corrected chi connectivity index (χ3v) is 3.99. The molecule has 3 rings (SSSR count). The van der Waals surface area contributed by atoms with E-state index in [1.807, 2.05) is 24.3 Å². The lowest BCUT2D eigenvalue weighted by Gasteiger charge is -2.28. The molecule has 6 heteroatoms. The van der Waals surface area contributed by atoms with Crippen LogP contribution in [0.1, 0.15) is 0 Å². The van der Waals surface area contributed by atoms with Crippen LogP contribution < -0.4 is 4.90 Å². The summed E-state index contributed by atoms with van der Waals surface area (Å²) in [6.07, 6.45) is 0. The van der Waals surface area contributed by atoms with Gasteiger partial charge in [0.25, 0.3) is 0 Å². The van der Waals surface area contributed by atoms with Crippen molar-refractivity contribution in [2.45, 2.75) is 0 Å². The lowest BCUT2D eigenvalue weighted by molar-refractivity contribution is 0.0678. The van der Waals surface area contributed by atoms with Crippen LogP contribution in [-0.4, -0.2) is 49.6 Å². The molecule has 19 heavy (non-hydrogen) atoms. The number of hydrogen-bond acceptors (Lipinski definition) is 3. The molecule has 0 atom stereocenters. The molecule has 0 radical (unpaired) electrons. The van der Waals surface area contributed by atoms with Crippen LogP contribution in [0.15, 0.2) is 29.3 Å². The molecule has 2 amide bonds. The number of amidine groups is 1. The summed E-state index contributed by atoms with van der Waals surface area (Å²) in [5, 5.41) is 0. The van der Waals surface area contributed by atoms with Crippen molar-refractivity contribution in [3.8, 4) is 0 Å². The number of aliphatic imine (C=N–C) groups is 1. The molecule has 1 aromatic carbocycles. The molecule has 0 unspecified atom stereocenters. The first-order valence-corrected chi connectivity index (χ1v) is 7.29. The highest BCUT2D eigenvalue weighted by Crippen LogP contribution is 2.21. The fourth-order valence-electron chi connectivity index (χ4n) is 2.23. The Labute approximate surface area is 125 Å². The van der Waals surface area contributed by atoms with Crippen LogP contribution in [0, 0.1) is 3.57 Å². The van der Waals surface area contributed by atoms with E-state index in [2.05, 4.69) is 32.5 Å².